The highest BCUT2D eigenvalue weighted by Crippen LogP contribution is 2.25. The van der Waals surface area contributed by atoms with E-state index in [1.807, 2.05) is 6.92 Å². The molecule has 2 unspecified atom stereocenters. The van der Waals surface area contributed by atoms with Gasteiger partial charge in [0.2, 0.25) is 0 Å². The molecule has 0 aromatic heterocycles. The minimum Gasteiger partial charge on any atom is -0.387 e. The Kier molecular flexibility index (Phi) is 19.7. The number of carbonyl (C=O) groups excluding carboxylic acids is 1. The molecule has 1 saturated heterocycles. The van der Waals surface area contributed by atoms with E-state index in [4.69, 9.17) is 9.47 Å². The number of hydrogen-bond acceptors (Lipinski definition) is 6. The van der Waals surface area contributed by atoms with Gasteiger partial charge in [0.05, 0.1) is 0 Å². The number of amides is 1. The number of rotatable bonds is 23. The molecule has 208 valence electrons. The zero-order chi connectivity index (χ0) is 25.7. The Bertz CT molecular complexity index is 506. The van der Waals surface area contributed by atoms with Crippen LogP contribution in [0.2, 0.25) is 0 Å². The quantitative estimate of drug-likeness (QED) is 0.147. The molecule has 4 N–H and O–H groups in total. The van der Waals surface area contributed by atoms with Gasteiger partial charge in [0.15, 0.2) is 12.4 Å². The van der Waals surface area contributed by atoms with E-state index in [0.717, 1.165) is 32.1 Å². The Morgan fingerprint density at radius 2 is 1.20 bits per heavy atom. The summed E-state index contributed by atoms with van der Waals surface area (Å²) in [6.45, 7) is 5.15. The lowest BCUT2D eigenvalue weighted by Gasteiger charge is -2.20. The number of carbonyl (C=O) groups is 1. The highest BCUT2D eigenvalue weighted by atomic mass is 16.7. The van der Waals surface area contributed by atoms with Gasteiger partial charge in [0.25, 0.3) is 5.91 Å². The third kappa shape index (κ3) is 14.6. The summed E-state index contributed by atoms with van der Waals surface area (Å²) in [7, 11) is 0. The summed E-state index contributed by atoms with van der Waals surface area (Å²) in [5, 5.41) is 33.2. The molecule has 1 fully saturated rings. The zero-order valence-electron chi connectivity index (χ0n) is 22.6. The predicted molar refractivity (Wildman–Crippen MR) is 140 cm³/mol. The van der Waals surface area contributed by atoms with Crippen molar-refractivity contribution >= 4 is 5.91 Å². The van der Waals surface area contributed by atoms with Crippen molar-refractivity contribution in [1.82, 2.24) is 5.32 Å². The highest BCUT2D eigenvalue weighted by molar-refractivity contribution is 5.81. The Morgan fingerprint density at radius 1 is 0.743 bits per heavy atom. The first-order valence-corrected chi connectivity index (χ1v) is 14.6. The normalized spacial score (nSPS) is 23.0. The van der Waals surface area contributed by atoms with Crippen LogP contribution in [0.5, 0.6) is 0 Å². The summed E-state index contributed by atoms with van der Waals surface area (Å²) in [5.74, 6) is -0.587. The average molecular weight is 502 g/mol. The van der Waals surface area contributed by atoms with Gasteiger partial charge in [-0.15, -0.1) is 0 Å². The molecule has 1 heterocycles. The third-order valence-electron chi connectivity index (χ3n) is 6.95. The summed E-state index contributed by atoms with van der Waals surface area (Å²) in [5.41, 5.74) is 0. The van der Waals surface area contributed by atoms with Gasteiger partial charge in [-0.3, -0.25) is 4.79 Å². The number of ether oxygens (including phenoxy) is 2. The summed E-state index contributed by atoms with van der Waals surface area (Å²) < 4.78 is 10.8. The van der Waals surface area contributed by atoms with E-state index < -0.39 is 36.6 Å². The summed E-state index contributed by atoms with van der Waals surface area (Å²) >= 11 is 0. The minimum absolute atomic E-state index is 0.388. The predicted octanol–water partition coefficient (Wildman–Crippen LogP) is 4.99. The Balaban J connectivity index is 1.96. The Hall–Kier alpha value is -0.730. The van der Waals surface area contributed by atoms with E-state index in [1.165, 1.54) is 83.5 Å². The van der Waals surface area contributed by atoms with Crippen molar-refractivity contribution in [3.8, 4) is 0 Å². The second kappa shape index (κ2) is 21.4. The van der Waals surface area contributed by atoms with Crippen LogP contribution in [0.1, 0.15) is 129 Å². The maximum Gasteiger partial charge on any atom is 0.251 e. The molecule has 7 nitrogen and oxygen atoms in total. The van der Waals surface area contributed by atoms with E-state index in [2.05, 4.69) is 12.2 Å². The standard InChI is InChI=1S/C28H55NO6/c1-3-5-7-8-9-10-11-12-13-14-15-16-17-18-19-20-21-29-27(33)25(32)26-23(30)24(31)28(35-26)34-22-6-4-2/h23-26,28,30-32H,3-22H2,1-2H3,(H,29,33)/t23?,24-,25?,26+,28+/m1/s1. The minimum atomic E-state index is -1.54. The molecule has 0 spiro atoms. The second-order valence-corrected chi connectivity index (χ2v) is 10.2. The van der Waals surface area contributed by atoms with Crippen molar-refractivity contribution in [2.75, 3.05) is 13.2 Å². The molecule has 7 heteroatoms. The first kappa shape index (κ1) is 32.3. The van der Waals surface area contributed by atoms with Crippen molar-refractivity contribution in [1.29, 1.82) is 0 Å². The maximum atomic E-state index is 12.2. The van der Waals surface area contributed by atoms with Gasteiger partial charge < -0.3 is 30.1 Å². The van der Waals surface area contributed by atoms with E-state index in [-0.39, 0.29) is 0 Å². The second-order valence-electron chi connectivity index (χ2n) is 10.2. The van der Waals surface area contributed by atoms with Gasteiger partial charge in [0.1, 0.15) is 18.3 Å². The van der Waals surface area contributed by atoms with Gasteiger partial charge >= 0.3 is 0 Å². The highest BCUT2D eigenvalue weighted by Gasteiger charge is 2.48. The smallest absolute Gasteiger partial charge is 0.251 e. The number of hydrogen-bond donors (Lipinski definition) is 4. The molecule has 0 saturated carbocycles. The number of aliphatic hydroxyl groups is 3. The van der Waals surface area contributed by atoms with Crippen LogP contribution >= 0.6 is 0 Å². The summed E-state index contributed by atoms with van der Waals surface area (Å²) in [6, 6.07) is 0. The molecular weight excluding hydrogens is 446 g/mol. The largest absolute Gasteiger partial charge is 0.387 e. The van der Waals surface area contributed by atoms with Crippen molar-refractivity contribution in [3.05, 3.63) is 0 Å². The van der Waals surface area contributed by atoms with E-state index in [0.29, 0.717) is 13.2 Å². The van der Waals surface area contributed by atoms with Crippen LogP contribution in [0.25, 0.3) is 0 Å². The van der Waals surface area contributed by atoms with E-state index in [9.17, 15) is 20.1 Å². The lowest BCUT2D eigenvalue weighted by Crippen LogP contribution is -2.47. The molecule has 0 bridgehead atoms. The monoisotopic (exact) mass is 501 g/mol. The molecule has 0 aliphatic carbocycles. The Labute approximate surface area is 214 Å². The number of nitrogens with one attached hydrogen (secondary N) is 1. The average Bonchev–Trinajstić information content (AvgIpc) is 3.14. The van der Waals surface area contributed by atoms with Crippen LogP contribution in [-0.4, -0.2) is 65.1 Å². The van der Waals surface area contributed by atoms with Gasteiger partial charge in [0, 0.05) is 13.2 Å². The first-order chi connectivity index (χ1) is 17.0. The molecule has 0 aromatic carbocycles. The number of aliphatic hydroxyl groups excluding tert-OH is 3. The molecule has 35 heavy (non-hydrogen) atoms. The lowest BCUT2D eigenvalue weighted by atomic mass is 10.0. The SMILES string of the molecule is CCCCCCCCCCCCCCCCCCNC(=O)C(O)[C@H]1O[C@H](OCCCC)[C@H](O)C1O. The third-order valence-corrected chi connectivity index (χ3v) is 6.95. The van der Waals surface area contributed by atoms with Gasteiger partial charge in [-0.25, -0.2) is 0 Å². The lowest BCUT2D eigenvalue weighted by molar-refractivity contribution is -0.181. The van der Waals surface area contributed by atoms with Gasteiger partial charge in [-0.05, 0) is 12.8 Å². The molecule has 1 amide bonds. The van der Waals surface area contributed by atoms with Crippen LogP contribution in [0.4, 0.5) is 0 Å². The topological polar surface area (TPSA) is 108 Å². The van der Waals surface area contributed by atoms with E-state index in [1.54, 1.807) is 0 Å². The van der Waals surface area contributed by atoms with Crippen molar-refractivity contribution < 1.29 is 29.6 Å². The fraction of sp³-hybridized carbons (Fsp3) is 0.964. The van der Waals surface area contributed by atoms with Crippen molar-refractivity contribution in [2.45, 2.75) is 160 Å². The molecule has 1 aliphatic heterocycles. The fourth-order valence-electron chi connectivity index (χ4n) is 4.55. The van der Waals surface area contributed by atoms with E-state index >= 15 is 0 Å². The molecule has 1 aliphatic rings. The van der Waals surface area contributed by atoms with Gasteiger partial charge in [-0.1, -0.05) is 117 Å². The molecule has 0 radical (unpaired) electrons. The van der Waals surface area contributed by atoms with Crippen LogP contribution in [-0.2, 0) is 14.3 Å². The van der Waals surface area contributed by atoms with Gasteiger partial charge in [-0.2, -0.15) is 0 Å². The Morgan fingerprint density at radius 3 is 1.69 bits per heavy atom. The summed E-state index contributed by atoms with van der Waals surface area (Å²) in [6.07, 6.45) is 16.1. The van der Waals surface area contributed by atoms with Crippen LogP contribution in [0, 0.1) is 0 Å². The molecule has 1 rings (SSSR count). The van der Waals surface area contributed by atoms with Crippen molar-refractivity contribution in [3.63, 3.8) is 0 Å². The van der Waals surface area contributed by atoms with Crippen LogP contribution in [0.3, 0.4) is 0 Å². The summed E-state index contributed by atoms with van der Waals surface area (Å²) in [4.78, 5) is 12.2. The van der Waals surface area contributed by atoms with Crippen LogP contribution < -0.4 is 5.32 Å². The van der Waals surface area contributed by atoms with Crippen LogP contribution in [0.15, 0.2) is 0 Å². The zero-order valence-corrected chi connectivity index (χ0v) is 22.6. The molecule has 0 aromatic rings. The van der Waals surface area contributed by atoms with Crippen molar-refractivity contribution in [2.24, 2.45) is 0 Å². The fourth-order valence-corrected chi connectivity index (χ4v) is 4.55. The molecular formula is C28H55NO6. The maximum absolute atomic E-state index is 12.2. The number of unbranched alkanes of at least 4 members (excludes halogenated alkanes) is 16. The molecule has 5 atom stereocenters. The first-order valence-electron chi connectivity index (χ1n) is 14.6.